The van der Waals surface area contributed by atoms with E-state index in [1.54, 1.807) is 0 Å². The van der Waals surface area contributed by atoms with Crippen molar-refractivity contribution >= 4 is 0 Å². The quantitative estimate of drug-likeness (QED) is 0.920. The third-order valence-corrected chi connectivity index (χ3v) is 3.58. The fourth-order valence-corrected chi connectivity index (χ4v) is 3.30. The van der Waals surface area contributed by atoms with Gasteiger partial charge in [-0.3, -0.25) is 4.90 Å². The normalized spacial score (nSPS) is 22.1. The molecule has 114 valence electrons. The molecule has 2 rings (SSSR count). The fraction of sp³-hybridized carbons (Fsp3) is 0.750. The molecule has 0 amide bonds. The van der Waals surface area contributed by atoms with Gasteiger partial charge in [0.1, 0.15) is 11.5 Å². The second-order valence-electron chi connectivity index (χ2n) is 7.09. The average Bonchev–Trinajstić information content (AvgIpc) is 2.54. The number of hydrogen-bond donors (Lipinski definition) is 1. The Morgan fingerprint density at radius 1 is 1.20 bits per heavy atom. The Morgan fingerprint density at radius 2 is 1.80 bits per heavy atom. The first kappa shape index (κ1) is 15.5. The highest BCUT2D eigenvalue weighted by molar-refractivity contribution is 5.21. The largest absolute Gasteiger partial charge is 0.465 e. The van der Waals surface area contributed by atoms with E-state index in [-0.39, 0.29) is 11.2 Å². The van der Waals surface area contributed by atoms with Gasteiger partial charge in [0.15, 0.2) is 0 Å². The molecule has 1 saturated heterocycles. The molecule has 0 radical (unpaired) electrons. The first-order valence-electron chi connectivity index (χ1n) is 7.36. The van der Waals surface area contributed by atoms with Crippen molar-refractivity contribution in [1.29, 1.82) is 0 Å². The van der Waals surface area contributed by atoms with Crippen LogP contribution in [-0.2, 0) is 17.8 Å². The molecule has 20 heavy (non-hydrogen) atoms. The number of hydrogen-bond acceptors (Lipinski definition) is 4. The third-order valence-electron chi connectivity index (χ3n) is 3.58. The second kappa shape index (κ2) is 5.51. The van der Waals surface area contributed by atoms with E-state index >= 15 is 0 Å². The van der Waals surface area contributed by atoms with Crippen LogP contribution in [0, 0.1) is 6.92 Å². The Kier molecular flexibility index (Phi) is 4.28. The van der Waals surface area contributed by atoms with Crippen LogP contribution in [-0.4, -0.2) is 36.2 Å². The van der Waals surface area contributed by atoms with Gasteiger partial charge < -0.3 is 14.5 Å². The number of aryl methyl sites for hydroxylation is 1. The highest BCUT2D eigenvalue weighted by Gasteiger charge is 2.38. The predicted molar refractivity (Wildman–Crippen MR) is 80.7 cm³/mol. The minimum absolute atomic E-state index is 0.104. The Morgan fingerprint density at radius 3 is 2.35 bits per heavy atom. The molecule has 0 unspecified atom stereocenters. The number of nitrogens with one attached hydrogen (secondary N) is 1. The van der Waals surface area contributed by atoms with Crippen LogP contribution in [0.4, 0.5) is 0 Å². The van der Waals surface area contributed by atoms with E-state index < -0.39 is 0 Å². The van der Waals surface area contributed by atoms with Crippen LogP contribution in [0.25, 0.3) is 0 Å². The van der Waals surface area contributed by atoms with Crippen molar-refractivity contribution in [2.45, 2.75) is 58.9 Å². The number of morpholine rings is 1. The highest BCUT2D eigenvalue weighted by Crippen LogP contribution is 2.29. The molecule has 0 spiro atoms. The Bertz CT molecular complexity index is 447. The number of furan rings is 1. The summed E-state index contributed by atoms with van der Waals surface area (Å²) in [6.45, 7) is 14.3. The fourth-order valence-electron chi connectivity index (χ4n) is 3.30. The summed E-state index contributed by atoms with van der Waals surface area (Å²) >= 11 is 0. The number of rotatable bonds is 4. The lowest BCUT2D eigenvalue weighted by atomic mass is 9.98. The van der Waals surface area contributed by atoms with Gasteiger partial charge in [0.05, 0.1) is 17.7 Å². The standard InChI is InChI=1S/C16H28N2O2/c1-12-13(7-14(19-12)8-17-6)9-18-10-15(2,3)20-16(4,5)11-18/h7,17H,8-11H2,1-6H3. The number of nitrogens with zero attached hydrogens (tertiary/aromatic N) is 1. The Labute approximate surface area is 122 Å². The molecule has 2 heterocycles. The molecule has 1 fully saturated rings. The van der Waals surface area contributed by atoms with Gasteiger partial charge in [-0.2, -0.15) is 0 Å². The zero-order chi connectivity index (χ0) is 15.0. The molecule has 4 heteroatoms. The lowest BCUT2D eigenvalue weighted by Crippen LogP contribution is -2.56. The summed E-state index contributed by atoms with van der Waals surface area (Å²) in [7, 11) is 1.94. The molecular formula is C16H28N2O2. The molecule has 0 aromatic carbocycles. The van der Waals surface area contributed by atoms with E-state index in [0.29, 0.717) is 0 Å². The van der Waals surface area contributed by atoms with Gasteiger partial charge in [0.2, 0.25) is 0 Å². The summed E-state index contributed by atoms with van der Waals surface area (Å²) in [6.07, 6.45) is 0. The average molecular weight is 280 g/mol. The van der Waals surface area contributed by atoms with E-state index in [9.17, 15) is 0 Å². The van der Waals surface area contributed by atoms with Crippen molar-refractivity contribution in [2.24, 2.45) is 0 Å². The summed E-state index contributed by atoms with van der Waals surface area (Å²) in [5.41, 5.74) is 1.07. The lowest BCUT2D eigenvalue weighted by molar-refractivity contribution is -0.182. The molecule has 4 nitrogen and oxygen atoms in total. The molecular weight excluding hydrogens is 252 g/mol. The van der Waals surface area contributed by atoms with E-state index in [2.05, 4.69) is 44.0 Å². The van der Waals surface area contributed by atoms with Crippen LogP contribution in [0.5, 0.6) is 0 Å². The smallest absolute Gasteiger partial charge is 0.118 e. The van der Waals surface area contributed by atoms with Gasteiger partial charge in [-0.15, -0.1) is 0 Å². The molecule has 1 aromatic rings. The van der Waals surface area contributed by atoms with Crippen molar-refractivity contribution in [2.75, 3.05) is 20.1 Å². The van der Waals surface area contributed by atoms with Crippen LogP contribution in [0.2, 0.25) is 0 Å². The van der Waals surface area contributed by atoms with E-state index in [1.807, 2.05) is 14.0 Å². The Hall–Kier alpha value is -0.840. The van der Waals surface area contributed by atoms with Crippen LogP contribution in [0.1, 0.15) is 44.8 Å². The monoisotopic (exact) mass is 280 g/mol. The van der Waals surface area contributed by atoms with Gasteiger partial charge in [-0.25, -0.2) is 0 Å². The molecule has 0 atom stereocenters. The first-order valence-corrected chi connectivity index (χ1v) is 7.36. The van der Waals surface area contributed by atoms with Crippen molar-refractivity contribution in [1.82, 2.24) is 10.2 Å². The minimum atomic E-state index is -0.104. The van der Waals surface area contributed by atoms with Crippen LogP contribution >= 0.6 is 0 Å². The minimum Gasteiger partial charge on any atom is -0.465 e. The first-order chi connectivity index (χ1) is 9.21. The van der Waals surface area contributed by atoms with Crippen LogP contribution in [0.3, 0.4) is 0 Å². The van der Waals surface area contributed by atoms with Crippen molar-refractivity contribution < 1.29 is 9.15 Å². The maximum absolute atomic E-state index is 6.13. The van der Waals surface area contributed by atoms with Crippen LogP contribution in [0.15, 0.2) is 10.5 Å². The SMILES string of the molecule is CNCc1cc(CN2CC(C)(C)OC(C)(C)C2)c(C)o1. The van der Waals surface area contributed by atoms with E-state index in [1.165, 1.54) is 5.56 Å². The van der Waals surface area contributed by atoms with Crippen LogP contribution < -0.4 is 5.32 Å². The van der Waals surface area contributed by atoms with Crippen molar-refractivity contribution in [3.8, 4) is 0 Å². The van der Waals surface area contributed by atoms with Crippen molar-refractivity contribution in [3.05, 3.63) is 23.2 Å². The van der Waals surface area contributed by atoms with E-state index in [4.69, 9.17) is 9.15 Å². The molecule has 0 aliphatic carbocycles. The molecule has 0 bridgehead atoms. The predicted octanol–water partition coefficient (Wildman–Crippen LogP) is 2.70. The van der Waals surface area contributed by atoms with E-state index in [0.717, 1.165) is 37.7 Å². The molecule has 0 saturated carbocycles. The third kappa shape index (κ3) is 3.84. The summed E-state index contributed by atoms with van der Waals surface area (Å²) < 4.78 is 11.9. The Balaban J connectivity index is 2.09. The van der Waals surface area contributed by atoms with Crippen molar-refractivity contribution in [3.63, 3.8) is 0 Å². The maximum atomic E-state index is 6.13. The molecule has 1 N–H and O–H groups in total. The maximum Gasteiger partial charge on any atom is 0.118 e. The zero-order valence-electron chi connectivity index (χ0n) is 13.7. The number of ether oxygens (including phenoxy) is 1. The summed E-state index contributed by atoms with van der Waals surface area (Å²) in [5.74, 6) is 2.03. The highest BCUT2D eigenvalue weighted by atomic mass is 16.5. The second-order valence-corrected chi connectivity index (χ2v) is 7.09. The molecule has 1 aliphatic rings. The summed E-state index contributed by atoms with van der Waals surface area (Å²) in [4.78, 5) is 2.46. The van der Waals surface area contributed by atoms with Gasteiger partial charge in [0, 0.05) is 25.2 Å². The zero-order valence-corrected chi connectivity index (χ0v) is 13.7. The lowest BCUT2D eigenvalue weighted by Gasteiger charge is -2.47. The van der Waals surface area contributed by atoms with Gasteiger partial charge >= 0.3 is 0 Å². The molecule has 1 aliphatic heterocycles. The van der Waals surface area contributed by atoms with Gasteiger partial charge in [-0.1, -0.05) is 0 Å². The summed E-state index contributed by atoms with van der Waals surface area (Å²) in [5, 5.41) is 3.13. The van der Waals surface area contributed by atoms with Gasteiger partial charge in [-0.05, 0) is 47.7 Å². The topological polar surface area (TPSA) is 37.6 Å². The summed E-state index contributed by atoms with van der Waals surface area (Å²) in [6, 6.07) is 2.17. The van der Waals surface area contributed by atoms with Gasteiger partial charge in [0.25, 0.3) is 0 Å². The molecule has 1 aromatic heterocycles.